The number of hydrogen-bond donors (Lipinski definition) is 1. The van der Waals surface area contributed by atoms with Crippen molar-refractivity contribution in [2.24, 2.45) is 0 Å². The van der Waals surface area contributed by atoms with Crippen LogP contribution in [0.2, 0.25) is 5.15 Å². The summed E-state index contributed by atoms with van der Waals surface area (Å²) in [4.78, 5) is 11.3. The van der Waals surface area contributed by atoms with Crippen molar-refractivity contribution in [3.63, 3.8) is 0 Å². The fourth-order valence-electron chi connectivity index (χ4n) is 1.22. The molecule has 0 saturated heterocycles. The lowest BCUT2D eigenvalue weighted by atomic mass is 10.4. The highest BCUT2D eigenvalue weighted by atomic mass is 35.5. The summed E-state index contributed by atoms with van der Waals surface area (Å²) in [5, 5.41) is 0.396. The van der Waals surface area contributed by atoms with Crippen molar-refractivity contribution in [2.45, 2.75) is 6.92 Å². The quantitative estimate of drug-likeness (QED) is 0.711. The van der Waals surface area contributed by atoms with Gasteiger partial charge in [0.05, 0.1) is 12.6 Å². The van der Waals surface area contributed by atoms with Crippen LogP contribution in [0.3, 0.4) is 0 Å². The van der Waals surface area contributed by atoms with Gasteiger partial charge in [-0.25, -0.2) is 4.98 Å². The van der Waals surface area contributed by atoms with Gasteiger partial charge in [-0.1, -0.05) is 11.6 Å². The largest absolute Gasteiger partial charge is 0.479 e. The molecule has 0 aliphatic carbocycles. The number of ether oxygens (including phenoxy) is 1. The zero-order valence-corrected chi connectivity index (χ0v) is 8.01. The Kier molecular flexibility index (Phi) is 1.84. The monoisotopic (exact) mass is 197 g/mol. The fraction of sp³-hybridized carbons (Fsp3) is 0.250. The smallest absolute Gasteiger partial charge is 0.243 e. The summed E-state index contributed by atoms with van der Waals surface area (Å²) in [6.07, 6.45) is 0. The Labute approximate surface area is 79.9 Å². The highest BCUT2D eigenvalue weighted by Gasteiger charge is 2.08. The van der Waals surface area contributed by atoms with Gasteiger partial charge >= 0.3 is 0 Å². The summed E-state index contributed by atoms with van der Waals surface area (Å²) in [5.74, 6) is 1.27. The van der Waals surface area contributed by atoms with E-state index in [4.69, 9.17) is 16.3 Å². The van der Waals surface area contributed by atoms with Crippen LogP contribution < -0.4 is 4.74 Å². The number of aryl methyl sites for hydroxylation is 1. The Morgan fingerprint density at radius 2 is 2.23 bits per heavy atom. The SMILES string of the molecule is COc1nc(Cl)cc2[nH]c(C)nc12. The molecule has 0 fully saturated rings. The number of nitrogens with one attached hydrogen (secondary N) is 1. The third-order valence-corrected chi connectivity index (χ3v) is 1.91. The molecular formula is C8H8ClN3O. The number of imidazole rings is 1. The maximum atomic E-state index is 5.77. The Morgan fingerprint density at radius 1 is 1.46 bits per heavy atom. The number of aromatic nitrogens is 3. The number of aromatic amines is 1. The molecule has 0 aliphatic heterocycles. The average molecular weight is 198 g/mol. The third kappa shape index (κ3) is 1.33. The minimum absolute atomic E-state index is 0.396. The number of fused-ring (bicyclic) bond motifs is 1. The van der Waals surface area contributed by atoms with Crippen LogP contribution >= 0.6 is 11.6 Å². The van der Waals surface area contributed by atoms with Crippen molar-refractivity contribution in [1.82, 2.24) is 15.0 Å². The van der Waals surface area contributed by atoms with Crippen LogP contribution in [0.25, 0.3) is 11.0 Å². The Morgan fingerprint density at radius 3 is 2.92 bits per heavy atom. The van der Waals surface area contributed by atoms with Crippen LogP contribution in [0.4, 0.5) is 0 Å². The number of pyridine rings is 1. The molecule has 0 aliphatic rings. The highest BCUT2D eigenvalue weighted by Crippen LogP contribution is 2.23. The van der Waals surface area contributed by atoms with E-state index in [9.17, 15) is 0 Å². The standard InChI is InChI=1S/C8H8ClN3O/c1-4-10-5-3-6(9)12-8(13-2)7(5)11-4/h3H,1-2H3,(H,10,11). The van der Waals surface area contributed by atoms with E-state index in [1.54, 1.807) is 13.2 Å². The van der Waals surface area contributed by atoms with E-state index in [1.807, 2.05) is 6.92 Å². The summed E-state index contributed by atoms with van der Waals surface area (Å²) >= 11 is 5.77. The molecule has 68 valence electrons. The zero-order valence-electron chi connectivity index (χ0n) is 7.26. The van der Waals surface area contributed by atoms with Crippen molar-refractivity contribution in [1.29, 1.82) is 0 Å². The minimum atomic E-state index is 0.396. The van der Waals surface area contributed by atoms with Gasteiger partial charge < -0.3 is 9.72 Å². The molecule has 5 heteroatoms. The maximum Gasteiger partial charge on any atom is 0.243 e. The molecule has 0 amide bonds. The molecule has 0 unspecified atom stereocenters. The first-order valence-electron chi connectivity index (χ1n) is 3.77. The molecule has 0 aromatic carbocycles. The lowest BCUT2D eigenvalue weighted by Crippen LogP contribution is -1.89. The average Bonchev–Trinajstić information content (AvgIpc) is 2.43. The molecule has 2 aromatic heterocycles. The van der Waals surface area contributed by atoms with Gasteiger partial charge in [-0.2, -0.15) is 4.98 Å². The molecule has 0 radical (unpaired) electrons. The molecule has 0 bridgehead atoms. The zero-order chi connectivity index (χ0) is 9.42. The van der Waals surface area contributed by atoms with Crippen molar-refractivity contribution in [3.05, 3.63) is 17.0 Å². The van der Waals surface area contributed by atoms with E-state index in [-0.39, 0.29) is 0 Å². The lowest BCUT2D eigenvalue weighted by Gasteiger charge is -1.98. The van der Waals surface area contributed by atoms with Gasteiger partial charge in [0.25, 0.3) is 0 Å². The van der Waals surface area contributed by atoms with E-state index in [1.165, 1.54) is 0 Å². The molecule has 0 saturated carbocycles. The molecule has 2 heterocycles. The maximum absolute atomic E-state index is 5.77. The third-order valence-electron chi connectivity index (χ3n) is 1.72. The Balaban J connectivity index is 2.80. The van der Waals surface area contributed by atoms with Crippen LogP contribution in [-0.2, 0) is 0 Å². The number of halogens is 1. The van der Waals surface area contributed by atoms with Gasteiger partial charge in [0.1, 0.15) is 11.0 Å². The normalized spacial score (nSPS) is 10.7. The highest BCUT2D eigenvalue weighted by molar-refractivity contribution is 6.30. The van der Waals surface area contributed by atoms with Crippen LogP contribution in [-0.4, -0.2) is 22.1 Å². The first-order chi connectivity index (χ1) is 6.20. The first-order valence-corrected chi connectivity index (χ1v) is 4.15. The van der Waals surface area contributed by atoms with Gasteiger partial charge in [0, 0.05) is 6.07 Å². The van der Waals surface area contributed by atoms with E-state index in [2.05, 4.69) is 15.0 Å². The minimum Gasteiger partial charge on any atom is -0.479 e. The number of hydrogen-bond acceptors (Lipinski definition) is 3. The molecule has 2 aromatic rings. The van der Waals surface area contributed by atoms with Gasteiger partial charge in [0.15, 0.2) is 5.52 Å². The van der Waals surface area contributed by atoms with E-state index < -0.39 is 0 Å². The number of nitrogens with zero attached hydrogens (tertiary/aromatic N) is 2. The second kappa shape index (κ2) is 2.88. The first kappa shape index (κ1) is 8.31. The summed E-state index contributed by atoms with van der Waals surface area (Å²) in [6.45, 7) is 1.87. The molecule has 13 heavy (non-hydrogen) atoms. The summed E-state index contributed by atoms with van der Waals surface area (Å²) < 4.78 is 5.04. The molecule has 0 spiro atoms. The molecule has 1 N–H and O–H groups in total. The van der Waals surface area contributed by atoms with Crippen LogP contribution in [0.5, 0.6) is 5.88 Å². The number of methoxy groups -OCH3 is 1. The van der Waals surface area contributed by atoms with Gasteiger partial charge in [0.2, 0.25) is 5.88 Å². The second-order valence-electron chi connectivity index (χ2n) is 2.67. The van der Waals surface area contributed by atoms with Crippen molar-refractivity contribution in [3.8, 4) is 5.88 Å². The van der Waals surface area contributed by atoms with Crippen molar-refractivity contribution in [2.75, 3.05) is 7.11 Å². The van der Waals surface area contributed by atoms with E-state index in [0.29, 0.717) is 16.5 Å². The molecule has 0 atom stereocenters. The molecule has 4 nitrogen and oxygen atoms in total. The Bertz CT molecular complexity index is 452. The summed E-state index contributed by atoms with van der Waals surface area (Å²) in [5.41, 5.74) is 1.55. The van der Waals surface area contributed by atoms with E-state index >= 15 is 0 Å². The van der Waals surface area contributed by atoms with Crippen LogP contribution in [0.15, 0.2) is 6.07 Å². The van der Waals surface area contributed by atoms with Crippen molar-refractivity contribution < 1.29 is 4.74 Å². The predicted octanol–water partition coefficient (Wildman–Crippen LogP) is 1.93. The van der Waals surface area contributed by atoms with Crippen LogP contribution in [0.1, 0.15) is 5.82 Å². The number of H-pyrrole nitrogens is 1. The van der Waals surface area contributed by atoms with Gasteiger partial charge in [-0.05, 0) is 6.92 Å². The predicted molar refractivity (Wildman–Crippen MR) is 50.2 cm³/mol. The van der Waals surface area contributed by atoms with Crippen LogP contribution in [0, 0.1) is 6.92 Å². The second-order valence-corrected chi connectivity index (χ2v) is 3.06. The topological polar surface area (TPSA) is 50.8 Å². The fourth-order valence-corrected chi connectivity index (χ4v) is 1.41. The number of rotatable bonds is 1. The van der Waals surface area contributed by atoms with E-state index in [0.717, 1.165) is 11.3 Å². The van der Waals surface area contributed by atoms with Crippen molar-refractivity contribution >= 4 is 22.6 Å². The Hall–Kier alpha value is -1.29. The molecular weight excluding hydrogens is 190 g/mol. The molecule has 2 rings (SSSR count). The summed E-state index contributed by atoms with van der Waals surface area (Å²) in [6, 6.07) is 1.72. The lowest BCUT2D eigenvalue weighted by molar-refractivity contribution is 0.402. The van der Waals surface area contributed by atoms with Gasteiger partial charge in [-0.15, -0.1) is 0 Å². The summed E-state index contributed by atoms with van der Waals surface area (Å²) in [7, 11) is 1.54. The van der Waals surface area contributed by atoms with Gasteiger partial charge in [-0.3, -0.25) is 0 Å².